The molecular weight excluding hydrogens is 272 g/mol. The molecule has 20 heavy (non-hydrogen) atoms. The maximum Gasteiger partial charge on any atom is 0.240 e. The summed E-state index contributed by atoms with van der Waals surface area (Å²) in [7, 11) is -3.41. The molecule has 0 bridgehead atoms. The highest BCUT2D eigenvalue weighted by Crippen LogP contribution is 2.25. The summed E-state index contributed by atoms with van der Waals surface area (Å²) < 4.78 is 27.1. The molecule has 1 aromatic rings. The van der Waals surface area contributed by atoms with Crippen molar-refractivity contribution in [3.05, 3.63) is 29.3 Å². The summed E-state index contributed by atoms with van der Waals surface area (Å²) in [6, 6.07) is 4.98. The standard InChI is InChI=1S/C15H20N2O2S/c1-12-10-15(8-7-14(12)6-3-9-16)20(18,19)17-11-13-4-2-5-13/h7-8,10,13,17H,2,4-5,9,11,16H2,1H3. The van der Waals surface area contributed by atoms with Crippen LogP contribution in [0.1, 0.15) is 30.4 Å². The molecule has 2 rings (SSSR count). The molecule has 0 spiro atoms. The number of nitrogens with one attached hydrogen (secondary N) is 1. The van der Waals surface area contributed by atoms with Gasteiger partial charge in [-0.3, -0.25) is 0 Å². The minimum absolute atomic E-state index is 0.294. The highest BCUT2D eigenvalue weighted by Gasteiger charge is 2.21. The monoisotopic (exact) mass is 292 g/mol. The van der Waals surface area contributed by atoms with Crippen LogP contribution in [-0.4, -0.2) is 21.5 Å². The highest BCUT2D eigenvalue weighted by atomic mass is 32.2. The van der Waals surface area contributed by atoms with E-state index in [2.05, 4.69) is 16.6 Å². The first-order valence-electron chi connectivity index (χ1n) is 6.82. The van der Waals surface area contributed by atoms with Gasteiger partial charge in [0.15, 0.2) is 0 Å². The fourth-order valence-corrected chi connectivity index (χ4v) is 3.30. The molecular formula is C15H20N2O2S. The summed E-state index contributed by atoms with van der Waals surface area (Å²) in [5, 5.41) is 0. The number of aryl methyl sites for hydroxylation is 1. The lowest BCUT2D eigenvalue weighted by atomic mass is 9.86. The summed E-state index contributed by atoms with van der Waals surface area (Å²) in [6.45, 7) is 2.68. The Kier molecular flexibility index (Phi) is 4.81. The quantitative estimate of drug-likeness (QED) is 0.824. The van der Waals surface area contributed by atoms with Crippen molar-refractivity contribution in [1.29, 1.82) is 0 Å². The molecule has 0 aliphatic heterocycles. The van der Waals surface area contributed by atoms with Crippen molar-refractivity contribution >= 4 is 10.0 Å². The van der Waals surface area contributed by atoms with Crippen molar-refractivity contribution in [3.8, 4) is 11.8 Å². The second kappa shape index (κ2) is 6.40. The number of sulfonamides is 1. The first kappa shape index (κ1) is 15.0. The maximum absolute atomic E-state index is 12.2. The van der Waals surface area contributed by atoms with Crippen LogP contribution in [0, 0.1) is 24.7 Å². The molecule has 5 heteroatoms. The highest BCUT2D eigenvalue weighted by molar-refractivity contribution is 7.89. The Labute approximate surface area is 120 Å². The smallest absolute Gasteiger partial charge is 0.240 e. The molecule has 1 saturated carbocycles. The van der Waals surface area contributed by atoms with E-state index >= 15 is 0 Å². The van der Waals surface area contributed by atoms with Crippen molar-refractivity contribution in [2.24, 2.45) is 11.7 Å². The summed E-state index contributed by atoms with van der Waals surface area (Å²) in [5.74, 6) is 6.20. The lowest BCUT2D eigenvalue weighted by Gasteiger charge is -2.25. The lowest BCUT2D eigenvalue weighted by molar-refractivity contribution is 0.316. The Balaban J connectivity index is 2.12. The Hall–Kier alpha value is -1.35. The van der Waals surface area contributed by atoms with Crippen LogP contribution in [0.2, 0.25) is 0 Å². The van der Waals surface area contributed by atoms with Gasteiger partial charge < -0.3 is 5.73 Å². The molecule has 3 N–H and O–H groups in total. The first-order valence-corrected chi connectivity index (χ1v) is 8.30. The predicted octanol–water partition coefficient (Wildman–Crippen LogP) is 1.38. The van der Waals surface area contributed by atoms with Gasteiger partial charge in [-0.05, 0) is 49.4 Å². The average Bonchev–Trinajstić information content (AvgIpc) is 2.35. The van der Waals surface area contributed by atoms with Crippen molar-refractivity contribution in [2.45, 2.75) is 31.1 Å². The zero-order chi connectivity index (χ0) is 14.6. The molecule has 0 radical (unpaired) electrons. The van der Waals surface area contributed by atoms with E-state index in [0.29, 0.717) is 23.9 Å². The van der Waals surface area contributed by atoms with E-state index in [1.54, 1.807) is 18.2 Å². The zero-order valence-electron chi connectivity index (χ0n) is 11.6. The SMILES string of the molecule is Cc1cc(S(=O)(=O)NCC2CCC2)ccc1C#CCN. The van der Waals surface area contributed by atoms with Gasteiger partial charge in [0.2, 0.25) is 10.0 Å². The van der Waals surface area contributed by atoms with Gasteiger partial charge in [-0.15, -0.1) is 0 Å². The van der Waals surface area contributed by atoms with Crippen molar-refractivity contribution in [1.82, 2.24) is 4.72 Å². The van der Waals surface area contributed by atoms with Gasteiger partial charge in [0.25, 0.3) is 0 Å². The van der Waals surface area contributed by atoms with Crippen LogP contribution >= 0.6 is 0 Å². The number of hydrogen-bond donors (Lipinski definition) is 2. The van der Waals surface area contributed by atoms with Crippen LogP contribution in [0.4, 0.5) is 0 Å². The molecule has 1 fully saturated rings. The van der Waals surface area contributed by atoms with Gasteiger partial charge in [-0.25, -0.2) is 13.1 Å². The van der Waals surface area contributed by atoms with Gasteiger partial charge in [0.05, 0.1) is 11.4 Å². The molecule has 0 amide bonds. The summed E-state index contributed by atoms with van der Waals surface area (Å²) in [6.07, 6.45) is 3.45. The van der Waals surface area contributed by atoms with Crippen molar-refractivity contribution in [2.75, 3.05) is 13.1 Å². The van der Waals surface area contributed by atoms with Crippen LogP contribution in [0.3, 0.4) is 0 Å². The van der Waals surface area contributed by atoms with Gasteiger partial charge >= 0.3 is 0 Å². The second-order valence-corrected chi connectivity index (χ2v) is 6.90. The van der Waals surface area contributed by atoms with Crippen LogP contribution in [0.15, 0.2) is 23.1 Å². The minimum atomic E-state index is -3.41. The third kappa shape index (κ3) is 3.60. The normalized spacial score (nSPS) is 15.3. The third-order valence-corrected chi connectivity index (χ3v) is 5.04. The molecule has 4 nitrogen and oxygen atoms in total. The Morgan fingerprint density at radius 1 is 1.40 bits per heavy atom. The zero-order valence-corrected chi connectivity index (χ0v) is 12.5. The van der Waals surface area contributed by atoms with Gasteiger partial charge in [-0.1, -0.05) is 18.3 Å². The molecule has 0 heterocycles. The molecule has 0 aromatic heterocycles. The first-order chi connectivity index (χ1) is 9.53. The van der Waals surface area contributed by atoms with Crippen LogP contribution in [-0.2, 0) is 10.0 Å². The maximum atomic E-state index is 12.2. The summed E-state index contributed by atoms with van der Waals surface area (Å²) in [4.78, 5) is 0.299. The van der Waals surface area contributed by atoms with E-state index in [0.717, 1.165) is 24.0 Å². The molecule has 1 aliphatic rings. The molecule has 1 aromatic carbocycles. The van der Waals surface area contributed by atoms with Crippen LogP contribution in [0.25, 0.3) is 0 Å². The average molecular weight is 292 g/mol. The largest absolute Gasteiger partial charge is 0.320 e. The Morgan fingerprint density at radius 3 is 2.70 bits per heavy atom. The summed E-state index contributed by atoms with van der Waals surface area (Å²) >= 11 is 0. The predicted molar refractivity (Wildman–Crippen MR) is 79.6 cm³/mol. The van der Waals surface area contributed by atoms with Crippen LogP contribution in [0.5, 0.6) is 0 Å². The molecule has 1 aliphatic carbocycles. The van der Waals surface area contributed by atoms with E-state index in [1.165, 1.54) is 6.42 Å². The van der Waals surface area contributed by atoms with Gasteiger partial charge in [-0.2, -0.15) is 0 Å². The molecule has 108 valence electrons. The second-order valence-electron chi connectivity index (χ2n) is 5.13. The minimum Gasteiger partial charge on any atom is -0.320 e. The van der Waals surface area contributed by atoms with E-state index in [4.69, 9.17) is 5.73 Å². The van der Waals surface area contributed by atoms with Gasteiger partial charge in [0.1, 0.15) is 0 Å². The summed E-state index contributed by atoms with van der Waals surface area (Å²) in [5.41, 5.74) is 6.99. The third-order valence-electron chi connectivity index (χ3n) is 3.62. The van der Waals surface area contributed by atoms with Crippen molar-refractivity contribution in [3.63, 3.8) is 0 Å². The van der Waals surface area contributed by atoms with E-state index in [-0.39, 0.29) is 0 Å². The fraction of sp³-hybridized carbons (Fsp3) is 0.467. The van der Waals surface area contributed by atoms with E-state index in [9.17, 15) is 8.42 Å². The lowest BCUT2D eigenvalue weighted by Crippen LogP contribution is -2.32. The number of benzene rings is 1. The topological polar surface area (TPSA) is 72.2 Å². The Morgan fingerprint density at radius 2 is 2.15 bits per heavy atom. The molecule has 0 atom stereocenters. The van der Waals surface area contributed by atoms with Crippen LogP contribution < -0.4 is 10.5 Å². The van der Waals surface area contributed by atoms with Crippen molar-refractivity contribution < 1.29 is 8.42 Å². The molecule has 0 saturated heterocycles. The number of rotatable bonds is 4. The Bertz CT molecular complexity index is 638. The number of hydrogen-bond acceptors (Lipinski definition) is 3. The van der Waals surface area contributed by atoms with E-state index < -0.39 is 10.0 Å². The number of nitrogens with two attached hydrogens (primary N) is 1. The fourth-order valence-electron chi connectivity index (χ4n) is 2.10. The van der Waals surface area contributed by atoms with Gasteiger partial charge in [0, 0.05) is 12.1 Å². The molecule has 0 unspecified atom stereocenters. The van der Waals surface area contributed by atoms with E-state index in [1.807, 2.05) is 6.92 Å².